The molecule has 2 heterocycles. The van der Waals surface area contributed by atoms with Crippen molar-refractivity contribution in [1.82, 2.24) is 5.43 Å². The zero-order valence-corrected chi connectivity index (χ0v) is 15.5. The predicted octanol–water partition coefficient (Wildman–Crippen LogP) is 2.87. The molecule has 0 atom stereocenters. The van der Waals surface area contributed by atoms with E-state index in [2.05, 4.69) is 10.5 Å². The Labute approximate surface area is 154 Å². The highest BCUT2D eigenvalue weighted by molar-refractivity contribution is 7.93. The van der Waals surface area contributed by atoms with Crippen molar-refractivity contribution in [2.75, 3.05) is 10.8 Å². The smallest absolute Gasteiger partial charge is 0.265 e. The molecular weight excluding hydrogens is 370 g/mol. The number of amides is 1. The highest BCUT2D eigenvalue weighted by Crippen LogP contribution is 2.41. The van der Waals surface area contributed by atoms with Crippen molar-refractivity contribution in [3.8, 4) is 0 Å². The van der Waals surface area contributed by atoms with Gasteiger partial charge < -0.3 is 0 Å². The van der Waals surface area contributed by atoms with Gasteiger partial charge in [-0.3, -0.25) is 9.10 Å². The number of rotatable bonds is 4. The van der Waals surface area contributed by atoms with Gasteiger partial charge in [0.05, 0.1) is 16.8 Å². The predicted molar refractivity (Wildman–Crippen MR) is 103 cm³/mol. The fourth-order valence-electron chi connectivity index (χ4n) is 2.98. The first-order chi connectivity index (χ1) is 12.5. The maximum atomic E-state index is 12.8. The molecule has 1 aliphatic rings. The molecule has 1 aliphatic heterocycles. The highest BCUT2D eigenvalue weighted by atomic mass is 32.2. The molecule has 0 aliphatic carbocycles. The lowest BCUT2D eigenvalue weighted by atomic mass is 10.1. The number of benzene rings is 2. The number of hydrogen-bond acceptors (Lipinski definition) is 5. The Hall–Kier alpha value is -2.71. The van der Waals surface area contributed by atoms with E-state index in [4.69, 9.17) is 0 Å². The van der Waals surface area contributed by atoms with Crippen molar-refractivity contribution in [2.45, 2.75) is 11.8 Å². The molecule has 4 rings (SSSR count). The summed E-state index contributed by atoms with van der Waals surface area (Å²) in [6.07, 6.45) is 1.55. The summed E-state index contributed by atoms with van der Waals surface area (Å²) in [5.41, 5.74) is 2.91. The first-order valence-electron chi connectivity index (χ1n) is 7.89. The zero-order valence-electron chi connectivity index (χ0n) is 13.8. The Morgan fingerprint density at radius 3 is 2.69 bits per heavy atom. The topological polar surface area (TPSA) is 78.8 Å². The first-order valence-corrected chi connectivity index (χ1v) is 10.2. The van der Waals surface area contributed by atoms with Crippen LogP contribution in [0.1, 0.15) is 9.75 Å². The summed E-state index contributed by atoms with van der Waals surface area (Å²) < 4.78 is 26.7. The molecule has 0 spiro atoms. The average Bonchev–Trinajstić information content (AvgIpc) is 3.11. The maximum absolute atomic E-state index is 12.8. The van der Waals surface area contributed by atoms with Gasteiger partial charge >= 0.3 is 0 Å². The third kappa shape index (κ3) is 2.77. The number of carbonyl (C=O) groups excluding carboxylic acids is 1. The summed E-state index contributed by atoms with van der Waals surface area (Å²) in [5.74, 6) is -0.497. The lowest BCUT2D eigenvalue weighted by molar-refractivity contribution is -0.119. The first kappa shape index (κ1) is 16.7. The van der Waals surface area contributed by atoms with Crippen LogP contribution >= 0.6 is 11.3 Å². The van der Waals surface area contributed by atoms with Crippen LogP contribution in [0.3, 0.4) is 0 Å². The van der Waals surface area contributed by atoms with Crippen molar-refractivity contribution >= 4 is 49.9 Å². The van der Waals surface area contributed by atoms with E-state index >= 15 is 0 Å². The quantitative estimate of drug-likeness (QED) is 0.554. The van der Waals surface area contributed by atoms with E-state index < -0.39 is 15.9 Å². The average molecular weight is 385 g/mol. The number of anilines is 1. The van der Waals surface area contributed by atoms with E-state index in [0.717, 1.165) is 19.4 Å². The standard InChI is InChI=1S/C18H15N3O3S2/c1-12-8-9-14(25-12)10-19-20-17(22)11-21-15-6-2-4-13-5-3-7-16(18(13)15)26(21,23)24/h2-10H,11H2,1H3,(H,20,22)/b19-10-. The number of sulfonamides is 1. The van der Waals surface area contributed by atoms with E-state index in [-0.39, 0.29) is 11.4 Å². The van der Waals surface area contributed by atoms with E-state index in [0.29, 0.717) is 11.1 Å². The molecule has 132 valence electrons. The molecule has 0 unspecified atom stereocenters. The Morgan fingerprint density at radius 1 is 1.19 bits per heavy atom. The molecule has 3 aromatic rings. The van der Waals surface area contributed by atoms with Crippen LogP contribution in [0.25, 0.3) is 10.8 Å². The second-order valence-electron chi connectivity index (χ2n) is 5.88. The number of nitrogens with zero attached hydrogens (tertiary/aromatic N) is 2. The van der Waals surface area contributed by atoms with Gasteiger partial charge in [0, 0.05) is 15.1 Å². The SMILES string of the molecule is Cc1ccc(/C=N\NC(=O)CN2c3cccc4cccc(c34)S2(=O)=O)s1. The van der Waals surface area contributed by atoms with Crippen LogP contribution in [-0.2, 0) is 14.8 Å². The van der Waals surface area contributed by atoms with Crippen LogP contribution in [-0.4, -0.2) is 27.1 Å². The van der Waals surface area contributed by atoms with Crippen molar-refractivity contribution in [3.63, 3.8) is 0 Å². The third-order valence-corrected chi connectivity index (χ3v) is 6.85. The molecule has 0 fully saturated rings. The Kier molecular flexibility index (Phi) is 4.01. The normalized spacial score (nSPS) is 15.0. The number of nitrogens with one attached hydrogen (secondary N) is 1. The largest absolute Gasteiger partial charge is 0.271 e. The fourth-order valence-corrected chi connectivity index (χ4v) is 5.40. The number of thiophene rings is 1. The van der Waals surface area contributed by atoms with Crippen molar-refractivity contribution in [2.24, 2.45) is 5.10 Å². The monoisotopic (exact) mass is 385 g/mol. The molecule has 1 aromatic heterocycles. The minimum absolute atomic E-state index is 0.232. The van der Waals surface area contributed by atoms with Gasteiger partial charge in [-0.15, -0.1) is 11.3 Å². The van der Waals surface area contributed by atoms with Crippen LogP contribution < -0.4 is 9.73 Å². The molecular formula is C18H15N3O3S2. The van der Waals surface area contributed by atoms with Crippen LogP contribution in [0.5, 0.6) is 0 Å². The molecule has 2 aromatic carbocycles. The molecule has 6 nitrogen and oxygen atoms in total. The number of hydrogen-bond donors (Lipinski definition) is 1. The highest BCUT2D eigenvalue weighted by Gasteiger charge is 2.36. The maximum Gasteiger partial charge on any atom is 0.265 e. The van der Waals surface area contributed by atoms with Crippen LogP contribution in [0, 0.1) is 6.92 Å². The van der Waals surface area contributed by atoms with E-state index in [9.17, 15) is 13.2 Å². The van der Waals surface area contributed by atoms with Gasteiger partial charge in [-0.1, -0.05) is 24.3 Å². The summed E-state index contributed by atoms with van der Waals surface area (Å²) >= 11 is 1.55. The van der Waals surface area contributed by atoms with Crippen LogP contribution in [0.15, 0.2) is 58.5 Å². The van der Waals surface area contributed by atoms with Crippen molar-refractivity contribution < 1.29 is 13.2 Å². The number of hydrazone groups is 1. The van der Waals surface area contributed by atoms with E-state index in [1.54, 1.807) is 41.8 Å². The van der Waals surface area contributed by atoms with Crippen LogP contribution in [0.4, 0.5) is 5.69 Å². The lowest BCUT2D eigenvalue weighted by Gasteiger charge is -2.17. The molecule has 0 saturated carbocycles. The molecule has 1 N–H and O–H groups in total. The Bertz CT molecular complexity index is 1140. The number of carbonyl (C=O) groups is 1. The van der Waals surface area contributed by atoms with E-state index in [1.165, 1.54) is 0 Å². The molecule has 1 amide bonds. The zero-order chi connectivity index (χ0) is 18.3. The summed E-state index contributed by atoms with van der Waals surface area (Å²) in [7, 11) is -3.74. The fraction of sp³-hybridized carbons (Fsp3) is 0.111. The second-order valence-corrected chi connectivity index (χ2v) is 9.03. The minimum atomic E-state index is -3.74. The Balaban J connectivity index is 1.56. The molecule has 8 heteroatoms. The van der Waals surface area contributed by atoms with Gasteiger partial charge in [0.15, 0.2) is 0 Å². The van der Waals surface area contributed by atoms with Gasteiger partial charge in [-0.2, -0.15) is 5.10 Å². The van der Waals surface area contributed by atoms with Gasteiger partial charge in [0.25, 0.3) is 15.9 Å². The molecule has 0 saturated heterocycles. The van der Waals surface area contributed by atoms with Gasteiger partial charge in [0.2, 0.25) is 0 Å². The van der Waals surface area contributed by atoms with Gasteiger partial charge in [0.1, 0.15) is 6.54 Å². The summed E-state index contributed by atoms with van der Waals surface area (Å²) in [6.45, 7) is 1.66. The minimum Gasteiger partial charge on any atom is -0.271 e. The summed E-state index contributed by atoms with van der Waals surface area (Å²) in [5, 5.41) is 5.39. The Morgan fingerprint density at radius 2 is 1.96 bits per heavy atom. The van der Waals surface area contributed by atoms with Gasteiger partial charge in [-0.25, -0.2) is 13.8 Å². The second kappa shape index (κ2) is 6.22. The molecule has 26 heavy (non-hydrogen) atoms. The number of aryl methyl sites for hydroxylation is 1. The summed E-state index contributed by atoms with van der Waals surface area (Å²) in [4.78, 5) is 14.5. The van der Waals surface area contributed by atoms with Gasteiger partial charge in [-0.05, 0) is 36.6 Å². The van der Waals surface area contributed by atoms with E-state index in [1.807, 2.05) is 31.2 Å². The summed E-state index contributed by atoms with van der Waals surface area (Å²) in [6, 6.07) is 14.3. The van der Waals surface area contributed by atoms with Crippen molar-refractivity contribution in [3.05, 3.63) is 58.3 Å². The molecule has 0 radical (unpaired) electrons. The lowest BCUT2D eigenvalue weighted by Crippen LogP contribution is -2.37. The molecule has 0 bridgehead atoms. The van der Waals surface area contributed by atoms with Crippen LogP contribution in [0.2, 0.25) is 0 Å². The van der Waals surface area contributed by atoms with Crippen molar-refractivity contribution in [1.29, 1.82) is 0 Å². The third-order valence-electron chi connectivity index (χ3n) is 4.11.